The van der Waals surface area contributed by atoms with Crippen molar-refractivity contribution in [1.29, 1.82) is 0 Å². The molecule has 0 unspecified atom stereocenters. The number of carbonyl (C=O) groups excluding carboxylic acids is 2. The number of benzene rings is 1. The van der Waals surface area contributed by atoms with E-state index in [-0.39, 0.29) is 5.91 Å². The molecular weight excluding hydrogens is 298 g/mol. The first-order valence-electron chi connectivity index (χ1n) is 7.64. The van der Waals surface area contributed by atoms with Gasteiger partial charge in [-0.05, 0) is 56.6 Å². The number of rotatable bonds is 11. The predicted octanol–water partition coefficient (Wildman–Crippen LogP) is 2.96. The van der Waals surface area contributed by atoms with E-state index in [1.165, 1.54) is 11.9 Å². The fraction of sp³-hybridized carbons (Fsp3) is 0.500. The summed E-state index contributed by atoms with van der Waals surface area (Å²) in [7, 11) is 1.79. The third kappa shape index (κ3) is 7.06. The van der Waals surface area contributed by atoms with Crippen LogP contribution in [0.3, 0.4) is 0 Å². The average Bonchev–Trinajstić information content (AvgIpc) is 2.51. The van der Waals surface area contributed by atoms with Crippen LogP contribution in [-0.2, 0) is 4.79 Å². The van der Waals surface area contributed by atoms with E-state index in [1.54, 1.807) is 19.2 Å². The monoisotopic (exact) mass is 323 g/mol. The summed E-state index contributed by atoms with van der Waals surface area (Å²) in [5.74, 6) is 0.0121. The molecule has 0 atom stereocenters. The second-order valence-corrected chi connectivity index (χ2v) is 6.08. The minimum atomic E-state index is 0.0121. The Morgan fingerprint density at radius 2 is 1.95 bits per heavy atom. The third-order valence-corrected chi connectivity index (χ3v) is 4.02. The number of amides is 1. The number of unbranched alkanes of at least 4 members (excludes halogenated alkanes) is 4. The first-order valence-corrected chi connectivity index (χ1v) is 8.45. The molecule has 5 nitrogen and oxygen atoms in total. The van der Waals surface area contributed by atoms with Gasteiger partial charge < -0.3 is 11.1 Å². The van der Waals surface area contributed by atoms with Gasteiger partial charge in [0.15, 0.2) is 6.29 Å². The summed E-state index contributed by atoms with van der Waals surface area (Å²) in [6.07, 6.45) is 6.59. The number of carbonyl (C=O) groups is 2. The Morgan fingerprint density at radius 3 is 2.64 bits per heavy atom. The number of anilines is 1. The topological polar surface area (TPSA) is 84.2 Å². The quantitative estimate of drug-likeness (QED) is 0.331. The van der Waals surface area contributed by atoms with E-state index in [2.05, 4.69) is 10.0 Å². The van der Waals surface area contributed by atoms with Gasteiger partial charge in [-0.2, -0.15) is 0 Å². The molecule has 1 amide bonds. The molecule has 0 fully saturated rings. The number of nitrogens with two attached hydrogens (primary N) is 1. The Hall–Kier alpha value is -1.37. The van der Waals surface area contributed by atoms with E-state index < -0.39 is 0 Å². The van der Waals surface area contributed by atoms with Crippen LogP contribution in [0.5, 0.6) is 0 Å². The summed E-state index contributed by atoms with van der Waals surface area (Å²) in [6.45, 7) is 0.740. The minimum absolute atomic E-state index is 0.0121. The van der Waals surface area contributed by atoms with Gasteiger partial charge in [-0.15, -0.1) is 0 Å². The lowest BCUT2D eigenvalue weighted by Gasteiger charge is -2.09. The standard InChI is InChI=1S/C16H25N3O2S/c1-18-22-15-11-14(9-8-13(15)12-20)19-16(21)7-5-3-2-4-6-10-17/h8-9,11-12,18H,2-7,10,17H2,1H3,(H,19,21). The van der Waals surface area contributed by atoms with Crippen LogP contribution < -0.4 is 15.8 Å². The first kappa shape index (κ1) is 18.7. The maximum Gasteiger partial charge on any atom is 0.224 e. The van der Waals surface area contributed by atoms with Crippen LogP contribution >= 0.6 is 11.9 Å². The van der Waals surface area contributed by atoms with Gasteiger partial charge in [0.1, 0.15) is 0 Å². The van der Waals surface area contributed by atoms with Crippen LogP contribution in [0.25, 0.3) is 0 Å². The third-order valence-electron chi connectivity index (χ3n) is 3.24. The molecule has 22 heavy (non-hydrogen) atoms. The van der Waals surface area contributed by atoms with Crippen LogP contribution in [0.15, 0.2) is 23.1 Å². The van der Waals surface area contributed by atoms with Gasteiger partial charge in [0.05, 0.1) is 0 Å². The largest absolute Gasteiger partial charge is 0.330 e. The van der Waals surface area contributed by atoms with Gasteiger partial charge in [-0.1, -0.05) is 19.3 Å². The Labute approximate surface area is 136 Å². The number of aldehydes is 1. The highest BCUT2D eigenvalue weighted by Crippen LogP contribution is 2.23. The molecule has 0 heterocycles. The molecule has 0 spiro atoms. The molecule has 6 heteroatoms. The summed E-state index contributed by atoms with van der Waals surface area (Å²) in [5, 5.41) is 2.88. The highest BCUT2D eigenvalue weighted by molar-refractivity contribution is 7.97. The van der Waals surface area contributed by atoms with Crippen molar-refractivity contribution in [2.45, 2.75) is 43.4 Å². The van der Waals surface area contributed by atoms with Crippen molar-refractivity contribution in [3.05, 3.63) is 23.8 Å². The van der Waals surface area contributed by atoms with Crippen molar-refractivity contribution in [3.8, 4) is 0 Å². The van der Waals surface area contributed by atoms with Crippen LogP contribution in [-0.4, -0.2) is 25.8 Å². The molecule has 0 saturated heterocycles. The predicted molar refractivity (Wildman–Crippen MR) is 92.1 cm³/mol. The number of hydrogen-bond acceptors (Lipinski definition) is 5. The Bertz CT molecular complexity index is 480. The fourth-order valence-electron chi connectivity index (χ4n) is 2.09. The molecule has 0 aliphatic heterocycles. The molecule has 4 N–H and O–H groups in total. The average molecular weight is 323 g/mol. The summed E-state index contributed by atoms with van der Waals surface area (Å²) < 4.78 is 2.93. The molecule has 0 aliphatic rings. The van der Waals surface area contributed by atoms with Gasteiger partial charge in [-0.25, -0.2) is 0 Å². The normalized spacial score (nSPS) is 10.5. The molecule has 1 aromatic rings. The molecular formula is C16H25N3O2S. The Balaban J connectivity index is 2.40. The summed E-state index contributed by atoms with van der Waals surface area (Å²) in [6, 6.07) is 5.28. The number of hydrogen-bond donors (Lipinski definition) is 3. The Morgan fingerprint density at radius 1 is 1.23 bits per heavy atom. The molecule has 0 aliphatic carbocycles. The maximum atomic E-state index is 11.9. The van der Waals surface area contributed by atoms with Crippen molar-refractivity contribution < 1.29 is 9.59 Å². The smallest absolute Gasteiger partial charge is 0.224 e. The minimum Gasteiger partial charge on any atom is -0.330 e. The molecule has 0 aromatic heterocycles. The second-order valence-electron chi connectivity index (χ2n) is 5.03. The summed E-state index contributed by atoms with van der Waals surface area (Å²) >= 11 is 1.35. The zero-order valence-corrected chi connectivity index (χ0v) is 13.9. The SMILES string of the molecule is CNSc1cc(NC(=O)CCCCCCCN)ccc1C=O. The van der Waals surface area contributed by atoms with E-state index in [1.807, 2.05) is 6.07 Å². The lowest BCUT2D eigenvalue weighted by molar-refractivity contribution is -0.116. The van der Waals surface area contributed by atoms with Crippen LogP contribution in [0.2, 0.25) is 0 Å². The maximum absolute atomic E-state index is 11.9. The van der Waals surface area contributed by atoms with Gasteiger partial charge in [0, 0.05) is 22.6 Å². The van der Waals surface area contributed by atoms with E-state index in [0.29, 0.717) is 12.0 Å². The van der Waals surface area contributed by atoms with Gasteiger partial charge >= 0.3 is 0 Å². The van der Waals surface area contributed by atoms with Gasteiger partial charge in [0.25, 0.3) is 0 Å². The van der Waals surface area contributed by atoms with E-state index in [9.17, 15) is 9.59 Å². The highest BCUT2D eigenvalue weighted by Gasteiger charge is 2.06. The van der Waals surface area contributed by atoms with E-state index in [0.717, 1.165) is 55.5 Å². The second kappa shape index (κ2) is 11.2. The summed E-state index contributed by atoms with van der Waals surface area (Å²) in [4.78, 5) is 23.7. The first-order chi connectivity index (χ1) is 10.7. The van der Waals surface area contributed by atoms with Crippen LogP contribution in [0.1, 0.15) is 48.9 Å². The van der Waals surface area contributed by atoms with Crippen LogP contribution in [0, 0.1) is 0 Å². The summed E-state index contributed by atoms with van der Waals surface area (Å²) in [5.41, 5.74) is 6.77. The molecule has 0 radical (unpaired) electrons. The van der Waals surface area contributed by atoms with E-state index in [4.69, 9.17) is 5.73 Å². The Kier molecular flexibility index (Phi) is 9.54. The van der Waals surface area contributed by atoms with E-state index >= 15 is 0 Å². The van der Waals surface area contributed by atoms with Crippen molar-refractivity contribution in [3.63, 3.8) is 0 Å². The molecule has 0 saturated carbocycles. The van der Waals surface area contributed by atoms with Crippen molar-refractivity contribution >= 4 is 29.8 Å². The van der Waals surface area contributed by atoms with Crippen molar-refractivity contribution in [2.75, 3.05) is 18.9 Å². The lowest BCUT2D eigenvalue weighted by atomic mass is 10.1. The lowest BCUT2D eigenvalue weighted by Crippen LogP contribution is -2.11. The molecule has 0 bridgehead atoms. The zero-order chi connectivity index (χ0) is 16.2. The molecule has 122 valence electrons. The molecule has 1 aromatic carbocycles. The van der Waals surface area contributed by atoms with Crippen molar-refractivity contribution in [1.82, 2.24) is 4.72 Å². The fourth-order valence-corrected chi connectivity index (χ4v) is 2.73. The van der Waals surface area contributed by atoms with Crippen molar-refractivity contribution in [2.24, 2.45) is 5.73 Å². The van der Waals surface area contributed by atoms with Gasteiger partial charge in [-0.3, -0.25) is 14.3 Å². The van der Waals surface area contributed by atoms with Gasteiger partial charge in [0.2, 0.25) is 5.91 Å². The van der Waals surface area contributed by atoms with Crippen LogP contribution in [0.4, 0.5) is 5.69 Å². The number of nitrogens with one attached hydrogen (secondary N) is 2. The highest BCUT2D eigenvalue weighted by atomic mass is 32.2. The molecule has 1 rings (SSSR count). The zero-order valence-electron chi connectivity index (χ0n) is 13.1.